The predicted molar refractivity (Wildman–Crippen MR) is 148 cm³/mol. The summed E-state index contributed by atoms with van der Waals surface area (Å²) in [4.78, 5) is 27.3. The zero-order valence-corrected chi connectivity index (χ0v) is 23.6. The van der Waals surface area contributed by atoms with Crippen LogP contribution in [0.2, 0.25) is 0 Å². The molecular weight excluding hydrogens is 498 g/mol. The molecule has 0 saturated carbocycles. The van der Waals surface area contributed by atoms with Crippen LogP contribution in [0.3, 0.4) is 0 Å². The third kappa shape index (κ3) is 6.27. The summed E-state index contributed by atoms with van der Waals surface area (Å²) in [5, 5.41) is 9.93. The summed E-state index contributed by atoms with van der Waals surface area (Å²) < 4.78 is 19.1. The van der Waals surface area contributed by atoms with Crippen LogP contribution < -0.4 is 10.2 Å². The Morgan fingerprint density at radius 3 is 2.49 bits per heavy atom. The van der Waals surface area contributed by atoms with Crippen molar-refractivity contribution in [2.45, 2.75) is 71.8 Å². The Balaban J connectivity index is 1.72. The number of nitrogens with zero attached hydrogens (tertiary/aromatic N) is 2. The number of nitrogens with one attached hydrogen (secondary N) is 1. The van der Waals surface area contributed by atoms with Crippen molar-refractivity contribution in [2.75, 3.05) is 20.3 Å². The number of fused-ring (bicyclic) bond motifs is 1. The summed E-state index contributed by atoms with van der Waals surface area (Å²) in [5.41, 5.74) is 5.24. The number of piperidine rings is 1. The van der Waals surface area contributed by atoms with Gasteiger partial charge in [0.25, 0.3) is 5.91 Å². The van der Waals surface area contributed by atoms with E-state index in [9.17, 15) is 9.59 Å². The van der Waals surface area contributed by atoms with Crippen molar-refractivity contribution < 1.29 is 29.0 Å². The molecule has 4 rings (SSSR count). The predicted octanol–water partition coefficient (Wildman–Crippen LogP) is 5.60. The van der Waals surface area contributed by atoms with Gasteiger partial charge in [0.2, 0.25) is 0 Å². The molecule has 2 aromatic carbocycles. The molecule has 0 aliphatic carbocycles. The van der Waals surface area contributed by atoms with Gasteiger partial charge in [-0.25, -0.2) is 10.3 Å². The fourth-order valence-corrected chi connectivity index (χ4v) is 5.40. The highest BCUT2D eigenvalue weighted by atomic mass is 16.6. The lowest BCUT2D eigenvalue weighted by molar-refractivity contribution is -0.0138. The normalized spacial score (nSPS) is 18.2. The van der Waals surface area contributed by atoms with Crippen LogP contribution >= 0.6 is 0 Å². The van der Waals surface area contributed by atoms with Crippen molar-refractivity contribution in [2.24, 2.45) is 0 Å². The molecule has 1 amide bonds. The van der Waals surface area contributed by atoms with Gasteiger partial charge in [0, 0.05) is 48.4 Å². The van der Waals surface area contributed by atoms with E-state index in [1.165, 1.54) is 0 Å². The van der Waals surface area contributed by atoms with E-state index < -0.39 is 17.6 Å². The number of ether oxygens (including phenoxy) is 3. The number of methoxy groups -OCH3 is 1. The van der Waals surface area contributed by atoms with Crippen LogP contribution in [0.5, 0.6) is 5.75 Å². The number of aromatic nitrogens is 1. The number of carbonyl (C=O) groups excluding carboxylic acids is 2. The fraction of sp³-hybridized carbons (Fsp3) is 0.467. The molecule has 0 radical (unpaired) electrons. The van der Waals surface area contributed by atoms with Gasteiger partial charge in [-0.15, -0.1) is 0 Å². The number of likely N-dealkylation sites (tertiary alicyclic amines) is 1. The Hall–Kier alpha value is -3.40. The molecule has 9 nitrogen and oxygen atoms in total. The van der Waals surface area contributed by atoms with E-state index >= 15 is 0 Å². The van der Waals surface area contributed by atoms with Crippen LogP contribution in [0.1, 0.15) is 73.6 Å². The van der Waals surface area contributed by atoms with Crippen LogP contribution in [0.15, 0.2) is 42.6 Å². The molecule has 3 aromatic rings. The number of aryl methyl sites for hydroxylation is 1. The Morgan fingerprint density at radius 2 is 1.87 bits per heavy atom. The maximum Gasteiger partial charge on any atom is 0.419 e. The molecule has 0 bridgehead atoms. The van der Waals surface area contributed by atoms with Crippen LogP contribution in [-0.2, 0) is 16.0 Å². The van der Waals surface area contributed by atoms with Crippen LogP contribution in [0.25, 0.3) is 10.9 Å². The summed E-state index contributed by atoms with van der Waals surface area (Å²) in [6, 6.07) is 11.3. The van der Waals surface area contributed by atoms with E-state index in [1.807, 2.05) is 58.9 Å². The molecule has 9 heteroatoms. The van der Waals surface area contributed by atoms with E-state index in [1.54, 1.807) is 35.5 Å². The second kappa shape index (κ2) is 11.8. The fourth-order valence-electron chi connectivity index (χ4n) is 5.40. The molecule has 0 spiro atoms. The standard InChI is InChI=1S/C30H39N3O6/c1-7-38-22-12-14-32(25(17-22)20-8-10-21(11-9-20)28(34)31-36)18-24-23-13-15-33(29(35)39-30(3,4)5)27(23)19(2)16-26(24)37-6/h8-11,13,15-16,22,25,36H,7,12,14,17-18H2,1-6H3,(H,31,34)/t22-,25-/m0/s1. The second-order valence-electron chi connectivity index (χ2n) is 11.0. The summed E-state index contributed by atoms with van der Waals surface area (Å²) in [5.74, 6) is 0.220. The zero-order valence-electron chi connectivity index (χ0n) is 23.6. The first-order valence-corrected chi connectivity index (χ1v) is 13.4. The number of hydrogen-bond acceptors (Lipinski definition) is 7. The molecule has 2 N–H and O–H groups in total. The highest BCUT2D eigenvalue weighted by Gasteiger charge is 2.32. The topological polar surface area (TPSA) is 102 Å². The molecule has 1 fully saturated rings. The molecule has 210 valence electrons. The Bertz CT molecular complexity index is 1330. The number of rotatable bonds is 7. The summed E-state index contributed by atoms with van der Waals surface area (Å²) in [6.07, 6.45) is 3.17. The van der Waals surface area contributed by atoms with E-state index in [4.69, 9.17) is 19.4 Å². The van der Waals surface area contributed by atoms with Gasteiger partial charge in [-0.1, -0.05) is 12.1 Å². The number of benzene rings is 2. The van der Waals surface area contributed by atoms with Gasteiger partial charge in [-0.2, -0.15) is 0 Å². The molecule has 1 aromatic heterocycles. The highest BCUT2D eigenvalue weighted by Crippen LogP contribution is 2.38. The first-order chi connectivity index (χ1) is 18.6. The molecule has 1 aliphatic rings. The van der Waals surface area contributed by atoms with Gasteiger partial charge < -0.3 is 14.2 Å². The van der Waals surface area contributed by atoms with E-state index in [-0.39, 0.29) is 12.1 Å². The smallest absolute Gasteiger partial charge is 0.419 e. The lowest BCUT2D eigenvalue weighted by Crippen LogP contribution is -2.39. The first-order valence-electron chi connectivity index (χ1n) is 13.4. The monoisotopic (exact) mass is 537 g/mol. The largest absolute Gasteiger partial charge is 0.496 e. The summed E-state index contributed by atoms with van der Waals surface area (Å²) in [7, 11) is 1.67. The highest BCUT2D eigenvalue weighted by molar-refractivity contribution is 5.95. The molecule has 39 heavy (non-hydrogen) atoms. The van der Waals surface area contributed by atoms with Crippen molar-refractivity contribution in [3.8, 4) is 5.75 Å². The van der Waals surface area contributed by atoms with Crippen LogP contribution in [0.4, 0.5) is 4.79 Å². The maximum absolute atomic E-state index is 13.0. The summed E-state index contributed by atoms with van der Waals surface area (Å²) in [6.45, 7) is 11.6. The number of hydroxylamine groups is 1. The number of hydrogen-bond donors (Lipinski definition) is 2. The van der Waals surface area contributed by atoms with Gasteiger partial charge in [0.15, 0.2) is 0 Å². The minimum atomic E-state index is -0.609. The van der Waals surface area contributed by atoms with Gasteiger partial charge in [0.1, 0.15) is 11.4 Å². The first kappa shape index (κ1) is 28.6. The molecule has 0 unspecified atom stereocenters. The zero-order chi connectivity index (χ0) is 28.3. The van der Waals surface area contributed by atoms with Crippen LogP contribution in [0, 0.1) is 6.92 Å². The van der Waals surface area contributed by atoms with Crippen molar-refractivity contribution in [3.05, 3.63) is 64.8 Å². The summed E-state index contributed by atoms with van der Waals surface area (Å²) >= 11 is 0. The molecular formula is C30H39N3O6. The van der Waals surface area contributed by atoms with Gasteiger partial charge in [-0.3, -0.25) is 19.5 Å². The Morgan fingerprint density at radius 1 is 1.15 bits per heavy atom. The van der Waals surface area contributed by atoms with Gasteiger partial charge in [-0.05, 0) is 82.9 Å². The number of carbonyl (C=O) groups is 2. The maximum atomic E-state index is 13.0. The number of amides is 1. The van der Waals surface area contributed by atoms with Gasteiger partial charge >= 0.3 is 6.09 Å². The average molecular weight is 538 g/mol. The quantitative estimate of drug-likeness (QED) is 0.299. The molecule has 2 heterocycles. The minimum absolute atomic E-state index is 0.0375. The molecule has 2 atom stereocenters. The van der Waals surface area contributed by atoms with Crippen molar-refractivity contribution in [1.29, 1.82) is 0 Å². The van der Waals surface area contributed by atoms with E-state index in [2.05, 4.69) is 4.90 Å². The second-order valence-corrected chi connectivity index (χ2v) is 11.0. The third-order valence-corrected chi connectivity index (χ3v) is 7.13. The van der Waals surface area contributed by atoms with Gasteiger partial charge in [0.05, 0.1) is 18.7 Å². The van der Waals surface area contributed by atoms with Crippen molar-refractivity contribution in [1.82, 2.24) is 14.9 Å². The molecule has 1 saturated heterocycles. The van der Waals surface area contributed by atoms with Crippen molar-refractivity contribution >= 4 is 22.9 Å². The lowest BCUT2D eigenvalue weighted by atomic mass is 9.91. The lowest BCUT2D eigenvalue weighted by Gasteiger charge is -2.40. The Kier molecular flexibility index (Phi) is 8.64. The average Bonchev–Trinajstić information content (AvgIpc) is 3.36. The third-order valence-electron chi connectivity index (χ3n) is 7.13. The molecule has 1 aliphatic heterocycles. The van der Waals surface area contributed by atoms with E-state index in [0.717, 1.165) is 52.7 Å². The minimum Gasteiger partial charge on any atom is -0.496 e. The van der Waals surface area contributed by atoms with Crippen LogP contribution in [-0.4, -0.2) is 58.6 Å². The SMILES string of the molecule is CCO[C@H]1CCN(Cc2c(OC)cc(C)c3c2ccn3C(=O)OC(C)(C)C)[C@H](c2ccc(C(=O)NO)cc2)C1. The van der Waals surface area contributed by atoms with E-state index in [0.29, 0.717) is 18.7 Å². The van der Waals surface area contributed by atoms with Crippen molar-refractivity contribution in [3.63, 3.8) is 0 Å². The Labute approximate surface area is 229 Å².